The highest BCUT2D eigenvalue weighted by molar-refractivity contribution is 5.83. The van der Waals surface area contributed by atoms with Gasteiger partial charge in [0.1, 0.15) is 11.3 Å². The highest BCUT2D eigenvalue weighted by Crippen LogP contribution is 2.20. The number of para-hydroxylation sites is 1. The SMILES string of the molecule is C=CC.N.Oc1cccc2cccnc12. The maximum Gasteiger partial charge on any atom is 0.141 e. The van der Waals surface area contributed by atoms with Crippen LogP contribution in [0, 0.1) is 0 Å². The molecular weight excluding hydrogens is 188 g/mol. The topological polar surface area (TPSA) is 68.1 Å². The number of pyridine rings is 1. The normalized spacial score (nSPS) is 8.33. The molecule has 1 heterocycles. The van der Waals surface area contributed by atoms with E-state index in [4.69, 9.17) is 0 Å². The molecule has 0 aliphatic carbocycles. The zero-order valence-electron chi connectivity index (χ0n) is 8.85. The highest BCUT2D eigenvalue weighted by atomic mass is 16.3. The average molecular weight is 204 g/mol. The minimum Gasteiger partial charge on any atom is -0.506 e. The van der Waals surface area contributed by atoms with E-state index in [1.807, 2.05) is 25.1 Å². The average Bonchev–Trinajstić information content (AvgIpc) is 2.20. The first-order valence-corrected chi connectivity index (χ1v) is 4.39. The molecule has 0 fully saturated rings. The van der Waals surface area contributed by atoms with E-state index < -0.39 is 0 Å². The quantitative estimate of drug-likeness (QED) is 0.647. The molecule has 4 N–H and O–H groups in total. The summed E-state index contributed by atoms with van der Waals surface area (Å²) >= 11 is 0. The van der Waals surface area contributed by atoms with Crippen LogP contribution in [0.25, 0.3) is 10.9 Å². The molecule has 80 valence electrons. The molecule has 3 heteroatoms. The first-order valence-electron chi connectivity index (χ1n) is 4.39. The summed E-state index contributed by atoms with van der Waals surface area (Å²) in [5, 5.41) is 10.3. The second kappa shape index (κ2) is 6.56. The van der Waals surface area contributed by atoms with Crippen molar-refractivity contribution in [2.24, 2.45) is 0 Å². The summed E-state index contributed by atoms with van der Waals surface area (Å²) in [4.78, 5) is 4.03. The second-order valence-electron chi connectivity index (χ2n) is 2.76. The number of hydrogen-bond acceptors (Lipinski definition) is 3. The lowest BCUT2D eigenvalue weighted by Gasteiger charge is -1.96. The maximum absolute atomic E-state index is 9.31. The molecule has 0 atom stereocenters. The maximum atomic E-state index is 9.31. The molecule has 2 rings (SSSR count). The Morgan fingerprint density at radius 1 is 1.27 bits per heavy atom. The molecule has 1 aromatic heterocycles. The third-order valence-electron chi connectivity index (χ3n) is 1.61. The van der Waals surface area contributed by atoms with Gasteiger partial charge in [-0.2, -0.15) is 0 Å². The summed E-state index contributed by atoms with van der Waals surface area (Å²) in [5.74, 6) is 0.239. The van der Waals surface area contributed by atoms with Crippen molar-refractivity contribution >= 4 is 10.9 Å². The van der Waals surface area contributed by atoms with Crippen LogP contribution < -0.4 is 6.15 Å². The summed E-state index contributed by atoms with van der Waals surface area (Å²) in [7, 11) is 0. The van der Waals surface area contributed by atoms with Gasteiger partial charge >= 0.3 is 0 Å². The van der Waals surface area contributed by atoms with Gasteiger partial charge in [-0.25, -0.2) is 0 Å². The fourth-order valence-corrected chi connectivity index (χ4v) is 1.09. The molecule has 2 aromatic rings. The molecule has 15 heavy (non-hydrogen) atoms. The summed E-state index contributed by atoms with van der Waals surface area (Å²) in [6.45, 7) is 5.25. The predicted molar refractivity (Wildman–Crippen MR) is 64.3 cm³/mol. The number of phenolic OH excluding ortho intramolecular Hbond substituents is 1. The van der Waals surface area contributed by atoms with Gasteiger partial charge in [-0.15, -0.1) is 6.58 Å². The van der Waals surface area contributed by atoms with E-state index in [0.717, 1.165) is 5.39 Å². The Kier molecular flexibility index (Phi) is 5.75. The molecule has 0 spiro atoms. The smallest absolute Gasteiger partial charge is 0.141 e. The van der Waals surface area contributed by atoms with Gasteiger partial charge in [0.2, 0.25) is 0 Å². The van der Waals surface area contributed by atoms with Crippen LogP contribution in [0.4, 0.5) is 0 Å². The Labute approximate surface area is 89.7 Å². The number of allylic oxidation sites excluding steroid dienone is 1. The number of aromatic hydroxyl groups is 1. The van der Waals surface area contributed by atoms with Crippen LogP contribution >= 0.6 is 0 Å². The molecule has 0 amide bonds. The van der Waals surface area contributed by atoms with E-state index in [1.165, 1.54) is 0 Å². The third-order valence-corrected chi connectivity index (χ3v) is 1.61. The van der Waals surface area contributed by atoms with E-state index >= 15 is 0 Å². The number of fused-ring (bicyclic) bond motifs is 1. The monoisotopic (exact) mass is 204 g/mol. The van der Waals surface area contributed by atoms with Gasteiger partial charge in [0.05, 0.1) is 0 Å². The number of phenols is 1. The van der Waals surface area contributed by atoms with Crippen LogP contribution in [0.5, 0.6) is 5.75 Å². The fourth-order valence-electron chi connectivity index (χ4n) is 1.09. The Balaban J connectivity index is 0.000000443. The van der Waals surface area contributed by atoms with Crippen molar-refractivity contribution in [1.29, 1.82) is 0 Å². The van der Waals surface area contributed by atoms with E-state index in [2.05, 4.69) is 11.6 Å². The largest absolute Gasteiger partial charge is 0.506 e. The van der Waals surface area contributed by atoms with Crippen LogP contribution in [-0.2, 0) is 0 Å². The molecule has 0 aliphatic heterocycles. The van der Waals surface area contributed by atoms with Crippen LogP contribution in [0.1, 0.15) is 6.92 Å². The zero-order chi connectivity index (χ0) is 10.4. The lowest BCUT2D eigenvalue weighted by Crippen LogP contribution is -1.76. The lowest BCUT2D eigenvalue weighted by atomic mass is 10.2. The van der Waals surface area contributed by atoms with Crippen molar-refractivity contribution < 1.29 is 5.11 Å². The lowest BCUT2D eigenvalue weighted by molar-refractivity contribution is 0.480. The Morgan fingerprint density at radius 3 is 2.47 bits per heavy atom. The molecule has 1 aromatic carbocycles. The van der Waals surface area contributed by atoms with Gasteiger partial charge < -0.3 is 11.3 Å². The molecule has 0 radical (unpaired) electrons. The van der Waals surface area contributed by atoms with Crippen LogP contribution in [0.15, 0.2) is 49.2 Å². The Morgan fingerprint density at radius 2 is 1.87 bits per heavy atom. The van der Waals surface area contributed by atoms with Crippen molar-refractivity contribution in [3.63, 3.8) is 0 Å². The highest BCUT2D eigenvalue weighted by Gasteiger charge is 1.96. The van der Waals surface area contributed by atoms with Crippen LogP contribution in [0.2, 0.25) is 0 Å². The molecule has 0 saturated carbocycles. The van der Waals surface area contributed by atoms with Crippen molar-refractivity contribution in [3.05, 3.63) is 49.2 Å². The summed E-state index contributed by atoms with van der Waals surface area (Å²) in [6.07, 6.45) is 3.42. The number of rotatable bonds is 0. The van der Waals surface area contributed by atoms with Crippen molar-refractivity contribution in [1.82, 2.24) is 11.1 Å². The van der Waals surface area contributed by atoms with Crippen LogP contribution in [-0.4, -0.2) is 10.1 Å². The van der Waals surface area contributed by atoms with Gasteiger partial charge in [-0.05, 0) is 19.1 Å². The van der Waals surface area contributed by atoms with Gasteiger partial charge in [-0.1, -0.05) is 24.3 Å². The van der Waals surface area contributed by atoms with E-state index in [-0.39, 0.29) is 11.9 Å². The molecule has 3 nitrogen and oxygen atoms in total. The van der Waals surface area contributed by atoms with E-state index in [1.54, 1.807) is 24.4 Å². The minimum atomic E-state index is 0. The number of hydrogen-bond donors (Lipinski definition) is 2. The van der Waals surface area contributed by atoms with Gasteiger partial charge in [0.25, 0.3) is 0 Å². The first-order chi connectivity index (χ1) is 6.79. The number of benzene rings is 1. The Hall–Kier alpha value is -1.87. The first kappa shape index (κ1) is 13.1. The fraction of sp³-hybridized carbons (Fsp3) is 0.0833. The standard InChI is InChI=1S/C9H7NO.C3H6.H3N/c11-8-5-1-3-7-4-2-6-10-9(7)8;1-3-2;/h1-6,11H;3H,1H2,2H3;1H3. The summed E-state index contributed by atoms with van der Waals surface area (Å²) in [5.41, 5.74) is 0.662. The van der Waals surface area contributed by atoms with Crippen molar-refractivity contribution in [2.75, 3.05) is 0 Å². The van der Waals surface area contributed by atoms with Gasteiger partial charge in [-0.3, -0.25) is 4.98 Å². The molecule has 0 bridgehead atoms. The molecular formula is C12H16N2O. The van der Waals surface area contributed by atoms with E-state index in [0.29, 0.717) is 5.52 Å². The summed E-state index contributed by atoms with van der Waals surface area (Å²) in [6, 6.07) is 9.13. The Bertz CT molecular complexity index is 421. The van der Waals surface area contributed by atoms with Crippen molar-refractivity contribution in [3.8, 4) is 5.75 Å². The minimum absolute atomic E-state index is 0. The number of aromatic nitrogens is 1. The van der Waals surface area contributed by atoms with Gasteiger partial charge in [0.15, 0.2) is 0 Å². The zero-order valence-corrected chi connectivity index (χ0v) is 8.85. The third kappa shape index (κ3) is 3.40. The molecule has 0 aliphatic rings. The van der Waals surface area contributed by atoms with Gasteiger partial charge in [0, 0.05) is 11.6 Å². The predicted octanol–water partition coefficient (Wildman–Crippen LogP) is 3.29. The van der Waals surface area contributed by atoms with Crippen LogP contribution in [0.3, 0.4) is 0 Å². The number of nitrogens with zero attached hydrogens (tertiary/aromatic N) is 1. The summed E-state index contributed by atoms with van der Waals surface area (Å²) < 4.78 is 0. The molecule has 0 unspecified atom stereocenters. The second-order valence-corrected chi connectivity index (χ2v) is 2.76. The van der Waals surface area contributed by atoms with E-state index in [9.17, 15) is 5.11 Å². The van der Waals surface area contributed by atoms with Crippen molar-refractivity contribution in [2.45, 2.75) is 6.92 Å². The molecule has 0 saturated heterocycles.